The monoisotopic (exact) mass is 328 g/mol. The zero-order chi connectivity index (χ0) is 18.2. The Balaban J connectivity index is 4.56. The van der Waals surface area contributed by atoms with Crippen LogP contribution in [0.25, 0.3) is 0 Å². The van der Waals surface area contributed by atoms with Crippen LogP contribution >= 0.6 is 0 Å². The highest BCUT2D eigenvalue weighted by molar-refractivity contribution is 5.81. The second kappa shape index (κ2) is 9.91. The number of rotatable bonds is 9. The Morgan fingerprint density at radius 3 is 2.17 bits per heavy atom. The maximum atomic E-state index is 12.1. The van der Waals surface area contributed by atoms with Crippen molar-refractivity contribution in [1.82, 2.24) is 5.32 Å². The molecule has 0 aliphatic heterocycles. The Labute approximate surface area is 141 Å². The first kappa shape index (κ1) is 21.9. The molecule has 136 valence electrons. The molecular weight excluding hydrogens is 292 g/mol. The van der Waals surface area contributed by atoms with Crippen LogP contribution in [-0.2, 0) is 14.3 Å². The van der Waals surface area contributed by atoms with Gasteiger partial charge in [0, 0.05) is 6.54 Å². The molecule has 0 aromatic carbocycles. The highest BCUT2D eigenvalue weighted by Crippen LogP contribution is 2.18. The van der Waals surface area contributed by atoms with Crippen LogP contribution in [0.4, 0.5) is 0 Å². The van der Waals surface area contributed by atoms with Gasteiger partial charge in [-0.25, -0.2) is 0 Å². The van der Waals surface area contributed by atoms with Gasteiger partial charge in [0.2, 0.25) is 5.91 Å². The zero-order valence-corrected chi connectivity index (χ0v) is 15.9. The summed E-state index contributed by atoms with van der Waals surface area (Å²) in [5.74, 6) is 0.297. The topological polar surface area (TPSA) is 81.4 Å². The van der Waals surface area contributed by atoms with E-state index in [1.807, 2.05) is 34.6 Å². The van der Waals surface area contributed by atoms with Gasteiger partial charge in [-0.1, -0.05) is 34.1 Å². The van der Waals surface area contributed by atoms with Gasteiger partial charge in [-0.05, 0) is 44.9 Å². The van der Waals surface area contributed by atoms with Crippen molar-refractivity contribution in [2.24, 2.45) is 23.5 Å². The van der Waals surface area contributed by atoms with Crippen LogP contribution in [0.5, 0.6) is 0 Å². The van der Waals surface area contributed by atoms with Crippen LogP contribution in [0.1, 0.15) is 67.7 Å². The molecule has 5 nitrogen and oxygen atoms in total. The Bertz CT molecular complexity index is 375. The summed E-state index contributed by atoms with van der Waals surface area (Å²) in [5.41, 5.74) is 5.46. The van der Waals surface area contributed by atoms with E-state index >= 15 is 0 Å². The van der Waals surface area contributed by atoms with Crippen LogP contribution in [0.2, 0.25) is 0 Å². The third-order valence-electron chi connectivity index (χ3n) is 3.80. The molecule has 0 saturated heterocycles. The average molecular weight is 328 g/mol. The number of carbonyl (C=O) groups is 2. The SMILES string of the molecule is CCC(C)C(N)C(=O)NC[C@H](CC(=O)OC(C)(C)C)CC(C)C. The van der Waals surface area contributed by atoms with Gasteiger partial charge in [0.25, 0.3) is 0 Å². The van der Waals surface area contributed by atoms with Crippen molar-refractivity contribution in [3.63, 3.8) is 0 Å². The van der Waals surface area contributed by atoms with E-state index < -0.39 is 11.6 Å². The lowest BCUT2D eigenvalue weighted by Crippen LogP contribution is -2.46. The van der Waals surface area contributed by atoms with Crippen LogP contribution < -0.4 is 11.1 Å². The third kappa shape index (κ3) is 10.3. The lowest BCUT2D eigenvalue weighted by molar-refractivity contribution is -0.156. The van der Waals surface area contributed by atoms with Crippen molar-refractivity contribution < 1.29 is 14.3 Å². The van der Waals surface area contributed by atoms with Gasteiger partial charge in [-0.2, -0.15) is 0 Å². The Morgan fingerprint density at radius 2 is 1.74 bits per heavy atom. The van der Waals surface area contributed by atoms with E-state index in [4.69, 9.17) is 10.5 Å². The molecule has 3 atom stereocenters. The van der Waals surface area contributed by atoms with E-state index in [1.54, 1.807) is 0 Å². The van der Waals surface area contributed by atoms with Gasteiger partial charge in [0.1, 0.15) is 5.60 Å². The van der Waals surface area contributed by atoms with Crippen molar-refractivity contribution >= 4 is 11.9 Å². The van der Waals surface area contributed by atoms with E-state index in [2.05, 4.69) is 19.2 Å². The molecule has 0 spiro atoms. The van der Waals surface area contributed by atoms with Crippen LogP contribution in [0.3, 0.4) is 0 Å². The zero-order valence-electron chi connectivity index (χ0n) is 15.9. The minimum absolute atomic E-state index is 0.0675. The Morgan fingerprint density at radius 1 is 1.17 bits per heavy atom. The molecule has 0 rings (SSSR count). The molecule has 0 aromatic heterocycles. The highest BCUT2D eigenvalue weighted by atomic mass is 16.6. The van der Waals surface area contributed by atoms with Crippen molar-refractivity contribution in [1.29, 1.82) is 0 Å². The Kier molecular flexibility index (Phi) is 9.44. The number of ether oxygens (including phenoxy) is 1. The molecule has 0 saturated carbocycles. The van der Waals surface area contributed by atoms with Gasteiger partial charge in [0.05, 0.1) is 12.5 Å². The molecule has 23 heavy (non-hydrogen) atoms. The van der Waals surface area contributed by atoms with Crippen LogP contribution in [0, 0.1) is 17.8 Å². The predicted molar refractivity (Wildman–Crippen MR) is 93.8 cm³/mol. The number of carbonyl (C=O) groups excluding carboxylic acids is 2. The maximum absolute atomic E-state index is 12.1. The van der Waals surface area contributed by atoms with Gasteiger partial charge in [0.15, 0.2) is 0 Å². The first-order valence-electron chi connectivity index (χ1n) is 8.71. The van der Waals surface area contributed by atoms with E-state index in [0.29, 0.717) is 18.9 Å². The van der Waals surface area contributed by atoms with Crippen LogP contribution in [-0.4, -0.2) is 30.1 Å². The van der Waals surface area contributed by atoms with Gasteiger partial charge in [-0.3, -0.25) is 9.59 Å². The normalized spacial score (nSPS) is 15.9. The number of hydrogen-bond donors (Lipinski definition) is 2. The molecule has 0 heterocycles. The number of nitrogens with one attached hydrogen (secondary N) is 1. The molecule has 0 aliphatic rings. The summed E-state index contributed by atoms with van der Waals surface area (Å²) in [5, 5.41) is 2.90. The largest absolute Gasteiger partial charge is 0.460 e. The molecule has 2 unspecified atom stereocenters. The standard InChI is InChI=1S/C18H36N2O3/c1-8-13(4)16(19)17(22)20-11-14(9-12(2)3)10-15(21)23-18(5,6)7/h12-14,16H,8-11,19H2,1-7H3,(H,20,22)/t13?,14-,16?/m0/s1. The maximum Gasteiger partial charge on any atom is 0.306 e. The highest BCUT2D eigenvalue weighted by Gasteiger charge is 2.24. The molecule has 0 aliphatic carbocycles. The fourth-order valence-electron chi connectivity index (χ4n) is 2.40. The smallest absolute Gasteiger partial charge is 0.306 e. The van der Waals surface area contributed by atoms with Crippen molar-refractivity contribution in [2.75, 3.05) is 6.54 Å². The summed E-state index contributed by atoms with van der Waals surface area (Å²) in [6, 6.07) is -0.499. The molecule has 5 heteroatoms. The molecule has 0 fully saturated rings. The fourth-order valence-corrected chi connectivity index (χ4v) is 2.40. The molecule has 0 bridgehead atoms. The van der Waals surface area contributed by atoms with Gasteiger partial charge < -0.3 is 15.8 Å². The first-order valence-corrected chi connectivity index (χ1v) is 8.71. The van der Waals surface area contributed by atoms with E-state index in [9.17, 15) is 9.59 Å². The van der Waals surface area contributed by atoms with Crippen molar-refractivity contribution in [3.8, 4) is 0 Å². The average Bonchev–Trinajstić information content (AvgIpc) is 2.39. The van der Waals surface area contributed by atoms with Crippen LogP contribution in [0.15, 0.2) is 0 Å². The summed E-state index contributed by atoms with van der Waals surface area (Å²) >= 11 is 0. The minimum Gasteiger partial charge on any atom is -0.460 e. The Hall–Kier alpha value is -1.10. The molecule has 0 radical (unpaired) electrons. The minimum atomic E-state index is -0.499. The summed E-state index contributed by atoms with van der Waals surface area (Å²) in [6.45, 7) is 14.2. The van der Waals surface area contributed by atoms with Gasteiger partial charge >= 0.3 is 5.97 Å². The summed E-state index contributed by atoms with van der Waals surface area (Å²) in [7, 11) is 0. The second-order valence-electron chi connectivity index (χ2n) is 7.94. The van der Waals surface area contributed by atoms with Gasteiger partial charge in [-0.15, -0.1) is 0 Å². The number of amides is 1. The molecule has 0 aromatic rings. The first-order chi connectivity index (χ1) is 10.5. The van der Waals surface area contributed by atoms with E-state index in [0.717, 1.165) is 12.8 Å². The fraction of sp³-hybridized carbons (Fsp3) is 0.889. The van der Waals surface area contributed by atoms with E-state index in [-0.39, 0.29) is 23.7 Å². The second-order valence-corrected chi connectivity index (χ2v) is 7.94. The number of hydrogen-bond acceptors (Lipinski definition) is 4. The van der Waals surface area contributed by atoms with Crippen molar-refractivity contribution in [3.05, 3.63) is 0 Å². The number of nitrogens with two attached hydrogens (primary N) is 1. The predicted octanol–water partition coefficient (Wildman–Crippen LogP) is 2.87. The molecular formula is C18H36N2O3. The summed E-state index contributed by atoms with van der Waals surface area (Å²) in [6.07, 6.45) is 2.04. The summed E-state index contributed by atoms with van der Waals surface area (Å²) < 4.78 is 5.38. The molecule has 3 N–H and O–H groups in total. The third-order valence-corrected chi connectivity index (χ3v) is 3.80. The quantitative estimate of drug-likeness (QED) is 0.638. The molecule has 1 amide bonds. The number of esters is 1. The lowest BCUT2D eigenvalue weighted by atomic mass is 9.93. The summed E-state index contributed by atoms with van der Waals surface area (Å²) in [4.78, 5) is 24.1. The lowest BCUT2D eigenvalue weighted by Gasteiger charge is -2.24. The van der Waals surface area contributed by atoms with Crippen molar-refractivity contribution in [2.45, 2.75) is 79.4 Å². The van der Waals surface area contributed by atoms with E-state index in [1.165, 1.54) is 0 Å².